The Hall–Kier alpha value is -1.94. The quantitative estimate of drug-likeness (QED) is 0.737. The van der Waals surface area contributed by atoms with E-state index in [2.05, 4.69) is 5.10 Å². The van der Waals surface area contributed by atoms with Gasteiger partial charge in [0.15, 0.2) is 6.29 Å². The molecule has 0 fully saturated rings. The molecule has 0 N–H and O–H groups in total. The van der Waals surface area contributed by atoms with Crippen LogP contribution in [0, 0.1) is 0 Å². The van der Waals surface area contributed by atoms with Crippen LogP contribution in [-0.2, 0) is 17.9 Å². The molecule has 0 saturated carbocycles. The van der Waals surface area contributed by atoms with Gasteiger partial charge in [-0.2, -0.15) is 5.10 Å². The predicted octanol–water partition coefficient (Wildman–Crippen LogP) is 1.89. The molecule has 0 atom stereocenters. The van der Waals surface area contributed by atoms with Gasteiger partial charge in [-0.05, 0) is 5.56 Å². The van der Waals surface area contributed by atoms with Gasteiger partial charge in [0.2, 0.25) is 0 Å². The number of aldehydes is 1. The maximum atomic E-state index is 10.9. The first-order chi connectivity index (χ1) is 8.33. The highest BCUT2D eigenvalue weighted by Crippen LogP contribution is 2.11. The van der Waals surface area contributed by atoms with Crippen molar-refractivity contribution in [2.45, 2.75) is 13.2 Å². The Kier molecular flexibility index (Phi) is 3.67. The second-order valence-electron chi connectivity index (χ2n) is 3.77. The Bertz CT molecular complexity index is 491. The minimum absolute atomic E-state index is 0.357. The predicted molar refractivity (Wildman–Crippen MR) is 63.9 cm³/mol. The number of hydrogen-bond acceptors (Lipinski definition) is 3. The molecule has 1 heterocycles. The van der Waals surface area contributed by atoms with Crippen molar-refractivity contribution in [3.05, 3.63) is 53.3 Å². The van der Waals surface area contributed by atoms with Gasteiger partial charge in [-0.1, -0.05) is 30.3 Å². The molecule has 2 rings (SSSR count). The van der Waals surface area contributed by atoms with Crippen LogP contribution >= 0.6 is 0 Å². The summed E-state index contributed by atoms with van der Waals surface area (Å²) < 4.78 is 6.60. The van der Waals surface area contributed by atoms with Crippen LogP contribution in [0.5, 0.6) is 0 Å². The van der Waals surface area contributed by atoms with E-state index in [1.807, 2.05) is 30.3 Å². The molecule has 88 valence electrons. The van der Waals surface area contributed by atoms with E-state index in [0.717, 1.165) is 17.5 Å². The third-order valence-corrected chi connectivity index (χ3v) is 2.47. The van der Waals surface area contributed by atoms with Gasteiger partial charge < -0.3 is 4.74 Å². The summed E-state index contributed by atoms with van der Waals surface area (Å²) in [7, 11) is 1.60. The summed E-state index contributed by atoms with van der Waals surface area (Å²) in [6.45, 7) is 0.357. The van der Waals surface area contributed by atoms with Gasteiger partial charge >= 0.3 is 0 Å². The van der Waals surface area contributed by atoms with E-state index in [4.69, 9.17) is 4.74 Å². The lowest BCUT2D eigenvalue weighted by molar-refractivity contribution is 0.112. The van der Waals surface area contributed by atoms with E-state index in [1.54, 1.807) is 18.0 Å². The van der Waals surface area contributed by atoms with E-state index in [-0.39, 0.29) is 0 Å². The highest BCUT2D eigenvalue weighted by atomic mass is 16.5. The van der Waals surface area contributed by atoms with E-state index in [9.17, 15) is 4.79 Å². The summed E-state index contributed by atoms with van der Waals surface area (Å²) in [6.07, 6.45) is 3.19. The van der Waals surface area contributed by atoms with Gasteiger partial charge in [0.05, 0.1) is 11.3 Å². The highest BCUT2D eigenvalue weighted by molar-refractivity contribution is 5.76. The number of rotatable bonds is 5. The minimum Gasteiger partial charge on any atom is -0.362 e. The normalized spacial score (nSPS) is 10.4. The number of methoxy groups -OCH3 is 1. The lowest BCUT2D eigenvalue weighted by Crippen LogP contribution is -2.01. The van der Waals surface area contributed by atoms with Crippen LogP contribution in [0.2, 0.25) is 0 Å². The van der Waals surface area contributed by atoms with Crippen LogP contribution in [0.25, 0.3) is 0 Å². The molecule has 1 aromatic carbocycles. The molecule has 2 aromatic rings. The molecule has 0 aliphatic rings. The Balaban J connectivity index is 2.22. The van der Waals surface area contributed by atoms with Gasteiger partial charge in [0, 0.05) is 19.7 Å². The van der Waals surface area contributed by atoms with Gasteiger partial charge in [-0.3, -0.25) is 4.79 Å². The number of ether oxygens (including phenoxy) is 1. The van der Waals surface area contributed by atoms with Gasteiger partial charge in [-0.25, -0.2) is 4.68 Å². The lowest BCUT2D eigenvalue weighted by atomic mass is 10.1. The largest absolute Gasteiger partial charge is 0.362 e. The zero-order valence-corrected chi connectivity index (χ0v) is 9.67. The number of carbonyl (C=O) groups excluding carboxylic acids is 1. The fourth-order valence-electron chi connectivity index (χ4n) is 1.70. The first kappa shape index (κ1) is 11.5. The number of benzene rings is 1. The van der Waals surface area contributed by atoms with Gasteiger partial charge in [0.25, 0.3) is 0 Å². The molecule has 0 unspecified atom stereocenters. The van der Waals surface area contributed by atoms with Crippen LogP contribution in [-0.4, -0.2) is 23.2 Å². The maximum Gasteiger partial charge on any atom is 0.153 e. The molecule has 0 amide bonds. The van der Waals surface area contributed by atoms with Crippen molar-refractivity contribution in [2.24, 2.45) is 0 Å². The fourth-order valence-corrected chi connectivity index (χ4v) is 1.70. The van der Waals surface area contributed by atoms with Crippen molar-refractivity contribution in [3.63, 3.8) is 0 Å². The standard InChI is InChI=1S/C13H14N2O2/c1-17-10-15-8-12(9-16)13(14-15)7-11-5-3-2-4-6-11/h2-6,8-9H,7,10H2,1H3. The minimum atomic E-state index is 0.357. The zero-order valence-electron chi connectivity index (χ0n) is 9.67. The maximum absolute atomic E-state index is 10.9. The van der Waals surface area contributed by atoms with Gasteiger partial charge in [-0.15, -0.1) is 0 Å². The van der Waals surface area contributed by atoms with Crippen LogP contribution in [0.4, 0.5) is 0 Å². The Labute approximate surface area is 99.8 Å². The molecule has 0 saturated heterocycles. The van der Waals surface area contributed by atoms with Crippen molar-refractivity contribution in [1.29, 1.82) is 0 Å². The smallest absolute Gasteiger partial charge is 0.153 e. The Morgan fingerprint density at radius 2 is 2.12 bits per heavy atom. The van der Waals surface area contributed by atoms with E-state index >= 15 is 0 Å². The summed E-state index contributed by atoms with van der Waals surface area (Å²) in [5.41, 5.74) is 2.53. The van der Waals surface area contributed by atoms with E-state index in [0.29, 0.717) is 18.7 Å². The second kappa shape index (κ2) is 5.41. The average Bonchev–Trinajstić information content (AvgIpc) is 2.73. The molecule has 0 bridgehead atoms. The first-order valence-electron chi connectivity index (χ1n) is 5.38. The van der Waals surface area contributed by atoms with Crippen molar-refractivity contribution < 1.29 is 9.53 Å². The average molecular weight is 230 g/mol. The third-order valence-electron chi connectivity index (χ3n) is 2.47. The first-order valence-corrected chi connectivity index (χ1v) is 5.38. The molecule has 17 heavy (non-hydrogen) atoms. The molecule has 0 aliphatic heterocycles. The monoisotopic (exact) mass is 230 g/mol. The molecule has 4 nitrogen and oxygen atoms in total. The molecule has 0 radical (unpaired) electrons. The number of hydrogen-bond donors (Lipinski definition) is 0. The molecule has 1 aromatic heterocycles. The molecule has 0 aliphatic carbocycles. The summed E-state index contributed by atoms with van der Waals surface area (Å²) in [5, 5.41) is 4.33. The summed E-state index contributed by atoms with van der Waals surface area (Å²) in [6, 6.07) is 9.95. The van der Waals surface area contributed by atoms with E-state index < -0.39 is 0 Å². The van der Waals surface area contributed by atoms with Crippen LogP contribution in [0.3, 0.4) is 0 Å². The van der Waals surface area contributed by atoms with Crippen molar-refractivity contribution in [2.75, 3.05) is 7.11 Å². The number of aromatic nitrogens is 2. The highest BCUT2D eigenvalue weighted by Gasteiger charge is 2.08. The summed E-state index contributed by atoms with van der Waals surface area (Å²) in [4.78, 5) is 10.9. The zero-order chi connectivity index (χ0) is 12.1. The molecule has 4 heteroatoms. The summed E-state index contributed by atoms with van der Waals surface area (Å²) >= 11 is 0. The fraction of sp³-hybridized carbons (Fsp3) is 0.231. The number of carbonyl (C=O) groups is 1. The van der Waals surface area contributed by atoms with Crippen LogP contribution in [0.1, 0.15) is 21.6 Å². The summed E-state index contributed by atoms with van der Waals surface area (Å²) in [5.74, 6) is 0. The van der Waals surface area contributed by atoms with E-state index in [1.165, 1.54) is 0 Å². The Morgan fingerprint density at radius 3 is 2.76 bits per heavy atom. The van der Waals surface area contributed by atoms with Crippen molar-refractivity contribution >= 4 is 6.29 Å². The lowest BCUT2D eigenvalue weighted by Gasteiger charge is -1.99. The third kappa shape index (κ3) is 2.79. The van der Waals surface area contributed by atoms with Crippen LogP contribution < -0.4 is 0 Å². The second-order valence-corrected chi connectivity index (χ2v) is 3.77. The van der Waals surface area contributed by atoms with Crippen LogP contribution in [0.15, 0.2) is 36.5 Å². The molecular formula is C13H14N2O2. The van der Waals surface area contributed by atoms with Crippen molar-refractivity contribution in [3.8, 4) is 0 Å². The number of nitrogens with zero attached hydrogens (tertiary/aromatic N) is 2. The topological polar surface area (TPSA) is 44.1 Å². The SMILES string of the molecule is COCn1cc(C=O)c(Cc2ccccc2)n1. The molecular weight excluding hydrogens is 216 g/mol. The van der Waals surface area contributed by atoms with Crippen molar-refractivity contribution in [1.82, 2.24) is 9.78 Å². The Morgan fingerprint density at radius 1 is 1.35 bits per heavy atom. The van der Waals surface area contributed by atoms with Gasteiger partial charge in [0.1, 0.15) is 6.73 Å². The molecule has 0 spiro atoms.